The van der Waals surface area contributed by atoms with E-state index in [4.69, 9.17) is 5.73 Å². The van der Waals surface area contributed by atoms with Gasteiger partial charge in [0.25, 0.3) is 0 Å². The minimum atomic E-state index is 0.310. The van der Waals surface area contributed by atoms with E-state index in [0.29, 0.717) is 18.1 Å². The van der Waals surface area contributed by atoms with Gasteiger partial charge in [0.15, 0.2) is 5.82 Å². The van der Waals surface area contributed by atoms with Crippen LogP contribution in [0.15, 0.2) is 30.5 Å². The summed E-state index contributed by atoms with van der Waals surface area (Å²) in [7, 11) is 3.84. The van der Waals surface area contributed by atoms with Gasteiger partial charge in [-0.1, -0.05) is 11.3 Å². The lowest BCUT2D eigenvalue weighted by atomic mass is 9.98. The van der Waals surface area contributed by atoms with E-state index < -0.39 is 0 Å². The Hall–Kier alpha value is -3.33. The molecule has 6 rings (SSSR count). The molecule has 32 heavy (non-hydrogen) atoms. The summed E-state index contributed by atoms with van der Waals surface area (Å²) in [5, 5.41) is 23.5. The lowest BCUT2D eigenvalue weighted by Crippen LogP contribution is -2.47. The van der Waals surface area contributed by atoms with Gasteiger partial charge in [-0.25, -0.2) is 0 Å². The second-order valence-corrected chi connectivity index (χ2v) is 9.17. The first-order valence-corrected chi connectivity index (χ1v) is 11.2. The molecule has 9 nitrogen and oxygen atoms in total. The van der Waals surface area contributed by atoms with Gasteiger partial charge in [0.2, 0.25) is 0 Å². The minimum absolute atomic E-state index is 0.310. The highest BCUT2D eigenvalue weighted by Crippen LogP contribution is 2.39. The number of anilines is 1. The van der Waals surface area contributed by atoms with Crippen LogP contribution in [0.1, 0.15) is 31.4 Å². The molecular weight excluding hydrogens is 402 g/mol. The number of fused-ring (bicyclic) bond motifs is 3. The Bertz CT molecular complexity index is 1290. The van der Waals surface area contributed by atoms with Crippen molar-refractivity contribution >= 4 is 16.7 Å². The van der Waals surface area contributed by atoms with Crippen molar-refractivity contribution < 1.29 is 0 Å². The van der Waals surface area contributed by atoms with Crippen LogP contribution in [0.2, 0.25) is 0 Å². The van der Waals surface area contributed by atoms with E-state index in [1.807, 2.05) is 31.9 Å². The second kappa shape index (κ2) is 7.09. The molecule has 2 aliphatic rings. The third-order valence-corrected chi connectivity index (χ3v) is 7.00. The Morgan fingerprint density at radius 1 is 0.906 bits per heavy atom. The summed E-state index contributed by atoms with van der Waals surface area (Å²) in [6.45, 7) is 2.03. The van der Waals surface area contributed by atoms with Gasteiger partial charge < -0.3 is 10.6 Å². The van der Waals surface area contributed by atoms with Crippen molar-refractivity contribution in [3.05, 3.63) is 36.2 Å². The van der Waals surface area contributed by atoms with Crippen molar-refractivity contribution in [2.24, 2.45) is 19.8 Å². The molecule has 9 heteroatoms. The zero-order chi connectivity index (χ0) is 22.0. The highest BCUT2D eigenvalue weighted by Gasteiger charge is 2.40. The molecule has 5 heterocycles. The molecule has 0 radical (unpaired) electrons. The molecule has 4 aromatic rings. The molecule has 2 N–H and O–H groups in total. The Morgan fingerprint density at radius 3 is 2.31 bits per heavy atom. The molecule has 0 spiro atoms. The van der Waals surface area contributed by atoms with E-state index in [-0.39, 0.29) is 0 Å². The smallest absolute Gasteiger partial charge is 0.151 e. The normalized spacial score (nSPS) is 22.8. The summed E-state index contributed by atoms with van der Waals surface area (Å²) in [6, 6.07) is 9.64. The molecule has 2 unspecified atom stereocenters. The van der Waals surface area contributed by atoms with Gasteiger partial charge in [0, 0.05) is 48.7 Å². The molecule has 0 amide bonds. The van der Waals surface area contributed by atoms with E-state index in [2.05, 4.69) is 54.8 Å². The van der Waals surface area contributed by atoms with Crippen LogP contribution in [-0.4, -0.2) is 53.1 Å². The Balaban J connectivity index is 1.41. The fourth-order valence-corrected chi connectivity index (χ4v) is 5.71. The van der Waals surface area contributed by atoms with Crippen LogP contribution in [0.25, 0.3) is 33.4 Å². The number of nitrogens with zero attached hydrogens (tertiary/aromatic N) is 8. The number of hydrogen-bond donors (Lipinski definition) is 1. The number of aryl methyl sites for hydroxylation is 3. The number of aromatic nitrogens is 7. The molecule has 3 aromatic heterocycles. The van der Waals surface area contributed by atoms with Crippen LogP contribution >= 0.6 is 0 Å². The zero-order valence-electron chi connectivity index (χ0n) is 18.6. The SMILES string of the molecule is Cc1nn(C)c2c(-c3ccc(N4C5CCC4CC(N)C5)nn3)ccc(-c3cn(C)nn3)c12. The molecule has 2 fully saturated rings. The Kier molecular flexibility index (Phi) is 4.29. The molecule has 2 aliphatic heterocycles. The van der Waals surface area contributed by atoms with Gasteiger partial charge >= 0.3 is 0 Å². The molecule has 2 saturated heterocycles. The summed E-state index contributed by atoms with van der Waals surface area (Å²) in [4.78, 5) is 2.45. The molecule has 164 valence electrons. The Morgan fingerprint density at radius 2 is 1.66 bits per heavy atom. The lowest BCUT2D eigenvalue weighted by molar-refractivity contribution is 0.411. The first-order chi connectivity index (χ1) is 15.5. The van der Waals surface area contributed by atoms with Gasteiger partial charge in [-0.3, -0.25) is 9.36 Å². The highest BCUT2D eigenvalue weighted by molar-refractivity contribution is 6.03. The maximum Gasteiger partial charge on any atom is 0.151 e. The van der Waals surface area contributed by atoms with Crippen molar-refractivity contribution in [3.63, 3.8) is 0 Å². The fraction of sp³-hybridized carbons (Fsp3) is 0.435. The van der Waals surface area contributed by atoms with Crippen LogP contribution in [0, 0.1) is 6.92 Å². The molecule has 2 bridgehead atoms. The van der Waals surface area contributed by atoms with Gasteiger partial charge in [-0.05, 0) is 50.8 Å². The van der Waals surface area contributed by atoms with E-state index in [9.17, 15) is 0 Å². The number of rotatable bonds is 3. The highest BCUT2D eigenvalue weighted by atomic mass is 15.4. The van der Waals surface area contributed by atoms with Crippen LogP contribution in [-0.2, 0) is 14.1 Å². The van der Waals surface area contributed by atoms with E-state index in [1.165, 1.54) is 12.8 Å². The summed E-state index contributed by atoms with van der Waals surface area (Å²) < 4.78 is 3.63. The minimum Gasteiger partial charge on any atom is -0.349 e. The summed E-state index contributed by atoms with van der Waals surface area (Å²) in [5.74, 6) is 0.960. The molecule has 2 atom stereocenters. The molecular formula is C23H27N9. The van der Waals surface area contributed by atoms with Crippen LogP contribution in [0.4, 0.5) is 5.82 Å². The maximum absolute atomic E-state index is 6.24. The van der Waals surface area contributed by atoms with Crippen molar-refractivity contribution in [1.29, 1.82) is 0 Å². The van der Waals surface area contributed by atoms with Crippen LogP contribution < -0.4 is 10.6 Å². The maximum atomic E-state index is 6.24. The largest absolute Gasteiger partial charge is 0.349 e. The Labute approximate surface area is 186 Å². The first kappa shape index (κ1) is 19.4. The van der Waals surface area contributed by atoms with Crippen molar-refractivity contribution in [1.82, 2.24) is 35.0 Å². The zero-order valence-corrected chi connectivity index (χ0v) is 18.6. The third kappa shape index (κ3) is 2.91. The summed E-state index contributed by atoms with van der Waals surface area (Å²) in [5.41, 5.74) is 11.9. The predicted molar refractivity (Wildman–Crippen MR) is 123 cm³/mol. The molecule has 0 aliphatic carbocycles. The van der Waals surface area contributed by atoms with E-state index >= 15 is 0 Å². The molecule has 0 saturated carbocycles. The van der Waals surface area contributed by atoms with Crippen LogP contribution in [0.5, 0.6) is 0 Å². The van der Waals surface area contributed by atoms with Gasteiger partial charge in [-0.15, -0.1) is 15.3 Å². The predicted octanol–water partition coefficient (Wildman–Crippen LogP) is 2.59. The monoisotopic (exact) mass is 429 g/mol. The quantitative estimate of drug-likeness (QED) is 0.534. The van der Waals surface area contributed by atoms with Gasteiger partial charge in [-0.2, -0.15) is 5.10 Å². The fourth-order valence-electron chi connectivity index (χ4n) is 5.71. The number of nitrogens with two attached hydrogens (primary N) is 1. The van der Waals surface area contributed by atoms with E-state index in [0.717, 1.165) is 57.8 Å². The van der Waals surface area contributed by atoms with Gasteiger partial charge in [0.1, 0.15) is 5.69 Å². The number of hydrogen-bond acceptors (Lipinski definition) is 7. The molecule has 1 aromatic carbocycles. The van der Waals surface area contributed by atoms with Crippen LogP contribution in [0.3, 0.4) is 0 Å². The standard InChI is InChI=1S/C23H27N9/c1-13-22-17(20-12-30(2)29-26-20)6-7-18(23(22)31(3)28-13)19-8-9-21(27-25-19)32-15-4-5-16(32)11-14(24)10-15/h6-9,12,14-16H,4-5,10-11,24H2,1-3H3. The van der Waals surface area contributed by atoms with Crippen molar-refractivity contribution in [2.45, 2.75) is 50.7 Å². The number of piperidine rings is 1. The summed E-state index contributed by atoms with van der Waals surface area (Å²) >= 11 is 0. The van der Waals surface area contributed by atoms with Gasteiger partial charge in [0.05, 0.1) is 23.1 Å². The average molecular weight is 430 g/mol. The van der Waals surface area contributed by atoms with Crippen molar-refractivity contribution in [3.8, 4) is 22.5 Å². The lowest BCUT2D eigenvalue weighted by Gasteiger charge is -2.38. The summed E-state index contributed by atoms with van der Waals surface area (Å²) in [6.07, 6.45) is 6.40. The average Bonchev–Trinajstić information content (AvgIpc) is 3.42. The topological polar surface area (TPSA) is 104 Å². The third-order valence-electron chi connectivity index (χ3n) is 7.00. The first-order valence-electron chi connectivity index (χ1n) is 11.2. The van der Waals surface area contributed by atoms with Crippen molar-refractivity contribution in [2.75, 3.05) is 4.90 Å². The van der Waals surface area contributed by atoms with E-state index in [1.54, 1.807) is 4.68 Å². The number of benzene rings is 1. The second-order valence-electron chi connectivity index (χ2n) is 9.17.